The number of hydrogen-bond acceptors (Lipinski definition) is 8. The van der Waals surface area contributed by atoms with Gasteiger partial charge in [0.2, 0.25) is 12.7 Å². The monoisotopic (exact) mass is 511 g/mol. The number of carbonyl (C=O) groups is 2. The highest BCUT2D eigenvalue weighted by Gasteiger charge is 2.47. The summed E-state index contributed by atoms with van der Waals surface area (Å²) in [6, 6.07) is 7.14. The van der Waals surface area contributed by atoms with E-state index in [0.717, 1.165) is 30.5 Å². The topological polar surface area (TPSA) is 131 Å². The summed E-state index contributed by atoms with van der Waals surface area (Å²) in [6.45, 7) is 4.72. The number of unbranched alkanes of at least 4 members (excludes halogenated alkanes) is 1. The molecule has 10 heteroatoms. The van der Waals surface area contributed by atoms with Crippen LogP contribution < -0.4 is 15.2 Å². The van der Waals surface area contributed by atoms with Crippen molar-refractivity contribution in [2.45, 2.75) is 51.0 Å². The van der Waals surface area contributed by atoms with Crippen molar-refractivity contribution in [3.8, 4) is 11.5 Å². The molecule has 1 saturated heterocycles. The number of fused-ring (bicyclic) bond motifs is 1. The highest BCUT2D eigenvalue weighted by atomic mass is 16.7. The summed E-state index contributed by atoms with van der Waals surface area (Å²) in [5, 5.41) is 10.4. The number of hydrogen-bond donors (Lipinski definition) is 2. The fourth-order valence-electron chi connectivity index (χ4n) is 5.36. The van der Waals surface area contributed by atoms with Crippen molar-refractivity contribution < 1.29 is 24.2 Å². The standard InChI is InChI=1S/C27H37N5O5/c1-2-3-12-31(13-4-10-28)25(33)16-32-15-21(19-5-8-23-24(14-19)37-18-36-23)26(27(34)35)22(32)7-6-20-9-11-29-17-30-20/h5,8-9,11,14,17,21-22,26H,2-4,6-7,10,12-13,15-16,18,28H2,1H3,(H,34,35)/t21-,22+,26?/m1/s1. The van der Waals surface area contributed by atoms with Gasteiger partial charge in [-0.1, -0.05) is 19.4 Å². The molecule has 3 N–H and O–H groups in total. The van der Waals surface area contributed by atoms with E-state index in [0.29, 0.717) is 50.5 Å². The van der Waals surface area contributed by atoms with Crippen molar-refractivity contribution in [3.63, 3.8) is 0 Å². The molecule has 1 unspecified atom stereocenters. The van der Waals surface area contributed by atoms with E-state index in [2.05, 4.69) is 21.8 Å². The van der Waals surface area contributed by atoms with Gasteiger partial charge in [0.1, 0.15) is 6.33 Å². The molecule has 0 saturated carbocycles. The summed E-state index contributed by atoms with van der Waals surface area (Å²) in [6.07, 6.45) is 7.01. The predicted octanol–water partition coefficient (Wildman–Crippen LogP) is 2.28. The third-order valence-electron chi connectivity index (χ3n) is 7.30. The summed E-state index contributed by atoms with van der Waals surface area (Å²) >= 11 is 0. The van der Waals surface area contributed by atoms with Crippen LogP contribution in [-0.4, -0.2) is 82.3 Å². The van der Waals surface area contributed by atoms with Crippen LogP contribution in [0.15, 0.2) is 36.8 Å². The number of aryl methyl sites for hydroxylation is 1. The summed E-state index contributed by atoms with van der Waals surface area (Å²) in [4.78, 5) is 38.3. The zero-order valence-electron chi connectivity index (χ0n) is 21.4. The molecule has 0 radical (unpaired) electrons. The highest BCUT2D eigenvalue weighted by molar-refractivity contribution is 5.79. The molecule has 2 aliphatic rings. The molecule has 1 fully saturated rings. The molecule has 0 spiro atoms. The number of aliphatic carboxylic acids is 1. The molecule has 200 valence electrons. The van der Waals surface area contributed by atoms with E-state index in [9.17, 15) is 14.7 Å². The summed E-state index contributed by atoms with van der Waals surface area (Å²) in [7, 11) is 0. The van der Waals surface area contributed by atoms with E-state index in [1.165, 1.54) is 6.33 Å². The van der Waals surface area contributed by atoms with Gasteiger partial charge in [-0.25, -0.2) is 9.97 Å². The Hall–Kier alpha value is -3.24. The first-order valence-electron chi connectivity index (χ1n) is 13.1. The Morgan fingerprint density at radius 3 is 2.73 bits per heavy atom. The van der Waals surface area contributed by atoms with Gasteiger partial charge < -0.3 is 25.2 Å². The van der Waals surface area contributed by atoms with E-state index in [4.69, 9.17) is 15.2 Å². The predicted molar refractivity (Wildman–Crippen MR) is 137 cm³/mol. The van der Waals surface area contributed by atoms with Crippen LogP contribution in [-0.2, 0) is 16.0 Å². The van der Waals surface area contributed by atoms with Crippen LogP contribution in [0.25, 0.3) is 0 Å². The smallest absolute Gasteiger partial charge is 0.308 e. The molecule has 3 heterocycles. The van der Waals surface area contributed by atoms with Crippen LogP contribution in [0.5, 0.6) is 11.5 Å². The van der Waals surface area contributed by atoms with Gasteiger partial charge in [0.05, 0.1) is 12.5 Å². The van der Waals surface area contributed by atoms with Crippen molar-refractivity contribution in [3.05, 3.63) is 48.0 Å². The van der Waals surface area contributed by atoms with Gasteiger partial charge in [0.15, 0.2) is 11.5 Å². The number of amides is 1. The number of nitrogens with zero attached hydrogens (tertiary/aromatic N) is 4. The fraction of sp³-hybridized carbons (Fsp3) is 0.556. The molecule has 10 nitrogen and oxygen atoms in total. The first-order valence-corrected chi connectivity index (χ1v) is 13.1. The van der Waals surface area contributed by atoms with Gasteiger partial charge in [-0.05, 0) is 56.0 Å². The maximum absolute atomic E-state index is 13.4. The molecule has 0 aliphatic carbocycles. The lowest BCUT2D eigenvalue weighted by Crippen LogP contribution is -2.45. The average molecular weight is 512 g/mol. The third kappa shape index (κ3) is 6.56. The van der Waals surface area contributed by atoms with Crippen LogP contribution in [0.4, 0.5) is 0 Å². The summed E-state index contributed by atoms with van der Waals surface area (Å²) in [5.41, 5.74) is 7.45. The van der Waals surface area contributed by atoms with Gasteiger partial charge in [-0.2, -0.15) is 0 Å². The Labute approximate surface area is 217 Å². The van der Waals surface area contributed by atoms with Crippen LogP contribution in [0.3, 0.4) is 0 Å². The minimum atomic E-state index is -0.865. The number of rotatable bonds is 13. The van der Waals surface area contributed by atoms with Crippen molar-refractivity contribution in [1.82, 2.24) is 19.8 Å². The minimum Gasteiger partial charge on any atom is -0.481 e. The Bertz CT molecular complexity index is 1040. The fourth-order valence-corrected chi connectivity index (χ4v) is 5.36. The SMILES string of the molecule is CCCCN(CCCN)C(=O)CN1C[C@H](c2ccc3c(c2)OCO3)C(C(=O)O)[C@@H]1CCc1ccncn1. The van der Waals surface area contributed by atoms with E-state index >= 15 is 0 Å². The number of likely N-dealkylation sites (tertiary alicyclic amines) is 1. The lowest BCUT2D eigenvalue weighted by Gasteiger charge is -2.29. The number of nitrogens with two attached hydrogens (primary N) is 1. The number of carboxylic acids is 1. The van der Waals surface area contributed by atoms with Crippen molar-refractivity contribution in [1.29, 1.82) is 0 Å². The van der Waals surface area contributed by atoms with E-state index < -0.39 is 11.9 Å². The molecule has 4 rings (SSSR count). The van der Waals surface area contributed by atoms with E-state index in [1.54, 1.807) is 6.20 Å². The number of carbonyl (C=O) groups excluding carboxylic acids is 1. The quantitative estimate of drug-likeness (QED) is 0.416. The molecule has 2 aliphatic heterocycles. The van der Waals surface area contributed by atoms with Crippen LogP contribution in [0, 0.1) is 5.92 Å². The second kappa shape index (κ2) is 12.8. The van der Waals surface area contributed by atoms with Crippen LogP contribution in [0.2, 0.25) is 0 Å². The van der Waals surface area contributed by atoms with Gasteiger partial charge in [0, 0.05) is 43.5 Å². The average Bonchev–Trinajstić information content (AvgIpc) is 3.52. The Balaban J connectivity index is 1.59. The number of aromatic nitrogens is 2. The molecule has 0 bridgehead atoms. The first-order chi connectivity index (χ1) is 18.0. The maximum atomic E-state index is 13.4. The molecule has 1 aromatic carbocycles. The van der Waals surface area contributed by atoms with Crippen molar-refractivity contribution >= 4 is 11.9 Å². The number of benzene rings is 1. The second-order valence-corrected chi connectivity index (χ2v) is 9.70. The van der Waals surface area contributed by atoms with E-state index in [-0.39, 0.29) is 31.2 Å². The largest absolute Gasteiger partial charge is 0.481 e. The third-order valence-corrected chi connectivity index (χ3v) is 7.30. The Morgan fingerprint density at radius 2 is 2.00 bits per heavy atom. The molecule has 37 heavy (non-hydrogen) atoms. The Morgan fingerprint density at radius 1 is 1.19 bits per heavy atom. The molecular formula is C27H37N5O5. The van der Waals surface area contributed by atoms with Crippen LogP contribution in [0.1, 0.15) is 49.8 Å². The van der Waals surface area contributed by atoms with Crippen molar-refractivity contribution in [2.75, 3.05) is 39.5 Å². The lowest BCUT2D eigenvalue weighted by atomic mass is 9.83. The molecule has 1 amide bonds. The summed E-state index contributed by atoms with van der Waals surface area (Å²) < 4.78 is 11.0. The van der Waals surface area contributed by atoms with Gasteiger partial charge in [-0.15, -0.1) is 0 Å². The highest BCUT2D eigenvalue weighted by Crippen LogP contribution is 2.43. The van der Waals surface area contributed by atoms with E-state index in [1.807, 2.05) is 29.2 Å². The van der Waals surface area contributed by atoms with Crippen molar-refractivity contribution in [2.24, 2.45) is 11.7 Å². The van der Waals surface area contributed by atoms with Gasteiger partial charge >= 0.3 is 5.97 Å². The molecule has 3 atom stereocenters. The Kier molecular flexibility index (Phi) is 9.29. The zero-order chi connectivity index (χ0) is 26.2. The molecule has 2 aromatic rings. The maximum Gasteiger partial charge on any atom is 0.308 e. The number of carboxylic acid groups (broad SMARTS) is 1. The molecular weight excluding hydrogens is 474 g/mol. The lowest BCUT2D eigenvalue weighted by molar-refractivity contribution is -0.143. The normalized spacial score (nSPS) is 20.8. The van der Waals surface area contributed by atoms with Crippen LogP contribution >= 0.6 is 0 Å². The molecule has 1 aromatic heterocycles. The number of ether oxygens (including phenoxy) is 2. The van der Waals surface area contributed by atoms with Gasteiger partial charge in [0.25, 0.3) is 0 Å². The summed E-state index contributed by atoms with van der Waals surface area (Å²) in [5.74, 6) is -0.527. The van der Waals surface area contributed by atoms with Gasteiger partial charge in [-0.3, -0.25) is 14.5 Å². The minimum absolute atomic E-state index is 0.0180. The zero-order valence-corrected chi connectivity index (χ0v) is 21.4. The second-order valence-electron chi connectivity index (χ2n) is 9.70. The first kappa shape index (κ1) is 26.8.